The van der Waals surface area contributed by atoms with Crippen LogP contribution in [-0.4, -0.2) is 46.1 Å². The van der Waals surface area contributed by atoms with Crippen LogP contribution in [0.3, 0.4) is 0 Å². The number of hydrogen-bond acceptors (Lipinski definition) is 4. The average molecular weight is 822 g/mol. The summed E-state index contributed by atoms with van der Waals surface area (Å²) in [4.78, 5) is 12.4. The Hall–Kier alpha value is -0.650. The molecule has 0 aliphatic heterocycles. The number of rotatable bonds is 50. The van der Waals surface area contributed by atoms with E-state index in [4.69, 9.17) is 0 Å². The molecule has 0 rings (SSSR count). The first-order valence-electron chi connectivity index (χ1n) is 26.8. The molecule has 0 spiro atoms. The van der Waals surface area contributed by atoms with Gasteiger partial charge >= 0.3 is 0 Å². The van der Waals surface area contributed by atoms with Gasteiger partial charge in [-0.05, 0) is 12.8 Å². The Bertz CT molecular complexity index is 777. The minimum Gasteiger partial charge on any atom is -0.394 e. The van der Waals surface area contributed by atoms with Gasteiger partial charge in [0.1, 0.15) is 6.10 Å². The van der Waals surface area contributed by atoms with Crippen molar-refractivity contribution in [2.75, 3.05) is 6.61 Å². The van der Waals surface area contributed by atoms with Gasteiger partial charge in [0.15, 0.2) is 0 Å². The molecular weight excluding hydrogens is 715 g/mol. The van der Waals surface area contributed by atoms with E-state index in [9.17, 15) is 20.1 Å². The molecule has 0 unspecified atom stereocenters. The van der Waals surface area contributed by atoms with Crippen LogP contribution in [0.25, 0.3) is 0 Å². The molecule has 5 heteroatoms. The largest absolute Gasteiger partial charge is 0.394 e. The van der Waals surface area contributed by atoms with Crippen LogP contribution >= 0.6 is 0 Å². The lowest BCUT2D eigenvalue weighted by Crippen LogP contribution is -2.50. The van der Waals surface area contributed by atoms with Gasteiger partial charge in [-0.25, -0.2) is 0 Å². The lowest BCUT2D eigenvalue weighted by molar-refractivity contribution is -0.124. The lowest BCUT2D eigenvalue weighted by Gasteiger charge is -2.26. The number of hydrogen-bond donors (Lipinski definition) is 4. The van der Waals surface area contributed by atoms with Crippen LogP contribution in [0.5, 0.6) is 0 Å². The third-order valence-electron chi connectivity index (χ3n) is 13.0. The fourth-order valence-corrected chi connectivity index (χ4v) is 8.81. The Morgan fingerprint density at radius 3 is 0.828 bits per heavy atom. The van der Waals surface area contributed by atoms with Crippen molar-refractivity contribution in [2.45, 2.75) is 327 Å². The summed E-state index contributed by atoms with van der Waals surface area (Å²) in [7, 11) is 0. The van der Waals surface area contributed by atoms with E-state index in [0.717, 1.165) is 38.5 Å². The number of aliphatic hydroxyl groups excluding tert-OH is 3. The highest BCUT2D eigenvalue weighted by atomic mass is 16.3. The molecule has 0 aliphatic rings. The number of nitrogens with one attached hydrogen (secondary N) is 1. The zero-order valence-electron chi connectivity index (χ0n) is 39.7. The van der Waals surface area contributed by atoms with Crippen molar-refractivity contribution in [3.63, 3.8) is 0 Å². The van der Waals surface area contributed by atoms with Crippen LogP contribution in [0, 0.1) is 0 Å². The molecule has 58 heavy (non-hydrogen) atoms. The monoisotopic (exact) mass is 822 g/mol. The molecule has 5 nitrogen and oxygen atoms in total. The van der Waals surface area contributed by atoms with Crippen molar-refractivity contribution in [1.82, 2.24) is 5.32 Å². The van der Waals surface area contributed by atoms with Gasteiger partial charge in [-0.1, -0.05) is 290 Å². The molecule has 0 saturated carbocycles. The quantitative estimate of drug-likeness (QED) is 0.0460. The summed E-state index contributed by atoms with van der Waals surface area (Å²) in [5, 5.41) is 33.4. The molecule has 0 saturated heterocycles. The summed E-state index contributed by atoms with van der Waals surface area (Å²) in [5.41, 5.74) is 0. The Morgan fingerprint density at radius 1 is 0.362 bits per heavy atom. The zero-order valence-corrected chi connectivity index (χ0v) is 39.7. The number of unbranched alkanes of at least 4 members (excludes halogenated alkanes) is 42. The van der Waals surface area contributed by atoms with Crippen molar-refractivity contribution in [1.29, 1.82) is 0 Å². The van der Waals surface area contributed by atoms with Gasteiger partial charge in [-0.2, -0.15) is 0 Å². The molecule has 0 aliphatic carbocycles. The maximum absolute atomic E-state index is 12.4. The zero-order chi connectivity index (χ0) is 42.3. The van der Waals surface area contributed by atoms with Crippen molar-refractivity contribution >= 4 is 5.91 Å². The summed E-state index contributed by atoms with van der Waals surface area (Å²) >= 11 is 0. The number of amides is 1. The van der Waals surface area contributed by atoms with E-state index in [1.807, 2.05) is 0 Å². The van der Waals surface area contributed by atoms with Crippen LogP contribution in [0.1, 0.15) is 309 Å². The van der Waals surface area contributed by atoms with Crippen LogP contribution in [0.15, 0.2) is 0 Å². The van der Waals surface area contributed by atoms with Gasteiger partial charge in [-0.15, -0.1) is 0 Å². The maximum atomic E-state index is 12.4. The van der Waals surface area contributed by atoms with Crippen molar-refractivity contribution in [3.8, 4) is 0 Å². The van der Waals surface area contributed by atoms with Gasteiger partial charge in [0.2, 0.25) is 5.91 Å². The molecule has 1 amide bonds. The molecular formula is C53H107NO4. The van der Waals surface area contributed by atoms with Gasteiger partial charge < -0.3 is 20.6 Å². The minimum atomic E-state index is -1.13. The van der Waals surface area contributed by atoms with Gasteiger partial charge in [0.05, 0.1) is 18.8 Å². The van der Waals surface area contributed by atoms with E-state index in [1.54, 1.807) is 0 Å². The van der Waals surface area contributed by atoms with Crippen molar-refractivity contribution in [3.05, 3.63) is 0 Å². The summed E-state index contributed by atoms with van der Waals surface area (Å²) in [6, 6.07) is -0.802. The lowest BCUT2D eigenvalue weighted by atomic mass is 9.99. The standard InChI is InChI=1S/C53H107NO4/c1-3-5-7-9-11-13-14-15-16-17-18-19-20-21-22-23-24-25-26-27-28-29-30-31-32-33-34-35-36-37-38-40-42-44-46-48-52(57)54-50(49-55)53(58)51(56)47-45-43-41-39-12-10-8-6-4-2/h50-51,53,55-56,58H,3-49H2,1-2H3,(H,54,57)/t50-,51+,53-/m0/s1. The van der Waals surface area contributed by atoms with E-state index in [2.05, 4.69) is 19.2 Å². The third kappa shape index (κ3) is 43.4. The molecule has 0 aromatic heterocycles. The maximum Gasteiger partial charge on any atom is 0.220 e. The number of aliphatic hydroxyl groups is 3. The highest BCUT2D eigenvalue weighted by Gasteiger charge is 2.26. The summed E-state index contributed by atoms with van der Waals surface area (Å²) in [5.74, 6) is -0.139. The molecule has 0 aromatic carbocycles. The van der Waals surface area contributed by atoms with Crippen LogP contribution in [-0.2, 0) is 4.79 Å². The molecule has 3 atom stereocenters. The number of carbonyl (C=O) groups excluding carboxylic acids is 1. The highest BCUT2D eigenvalue weighted by molar-refractivity contribution is 5.76. The summed E-state index contributed by atoms with van der Waals surface area (Å²) < 4.78 is 0. The third-order valence-corrected chi connectivity index (χ3v) is 13.0. The van der Waals surface area contributed by atoms with Gasteiger partial charge in [0.25, 0.3) is 0 Å². The minimum absolute atomic E-state index is 0.139. The van der Waals surface area contributed by atoms with E-state index < -0.39 is 18.2 Å². The SMILES string of the molecule is CCCCCCCCCCCCCCCCCCCCCCCCCCCCCCCCCCCCCC(=O)N[C@@H](CO)[C@H](O)[C@H](O)CCCCCCCCCCC. The van der Waals surface area contributed by atoms with Crippen molar-refractivity contribution < 1.29 is 20.1 Å². The summed E-state index contributed by atoms with van der Waals surface area (Å²) in [6.45, 7) is 4.18. The second kappa shape index (κ2) is 49.0. The topological polar surface area (TPSA) is 89.8 Å². The van der Waals surface area contributed by atoms with Crippen LogP contribution in [0.4, 0.5) is 0 Å². The first kappa shape index (κ1) is 57.3. The summed E-state index contributed by atoms with van der Waals surface area (Å²) in [6.07, 6.45) is 58.6. The van der Waals surface area contributed by atoms with Crippen LogP contribution < -0.4 is 5.32 Å². The highest BCUT2D eigenvalue weighted by Crippen LogP contribution is 2.18. The normalized spacial score (nSPS) is 13.3. The van der Waals surface area contributed by atoms with E-state index in [1.165, 1.54) is 244 Å². The predicted octanol–water partition coefficient (Wildman–Crippen LogP) is 16.2. The fraction of sp³-hybridized carbons (Fsp3) is 0.981. The number of carbonyl (C=O) groups is 1. The molecule has 4 N–H and O–H groups in total. The first-order chi connectivity index (χ1) is 28.6. The van der Waals surface area contributed by atoms with Gasteiger partial charge in [0, 0.05) is 6.42 Å². The van der Waals surface area contributed by atoms with Crippen LogP contribution in [0.2, 0.25) is 0 Å². The van der Waals surface area contributed by atoms with Crippen molar-refractivity contribution in [2.24, 2.45) is 0 Å². The molecule has 0 radical (unpaired) electrons. The molecule has 348 valence electrons. The Kier molecular flexibility index (Phi) is 48.5. The van der Waals surface area contributed by atoms with Gasteiger partial charge in [-0.3, -0.25) is 4.79 Å². The molecule has 0 heterocycles. The Balaban J connectivity index is 3.37. The Labute approximate surface area is 364 Å². The smallest absolute Gasteiger partial charge is 0.220 e. The van der Waals surface area contributed by atoms with E-state index in [0.29, 0.717) is 12.8 Å². The average Bonchev–Trinajstić information content (AvgIpc) is 3.23. The fourth-order valence-electron chi connectivity index (χ4n) is 8.81. The first-order valence-corrected chi connectivity index (χ1v) is 26.8. The molecule has 0 aromatic rings. The Morgan fingerprint density at radius 2 is 0.586 bits per heavy atom. The predicted molar refractivity (Wildman–Crippen MR) is 255 cm³/mol. The van der Waals surface area contributed by atoms with E-state index >= 15 is 0 Å². The molecule has 0 fully saturated rings. The second-order valence-corrected chi connectivity index (χ2v) is 18.8. The molecule has 0 bridgehead atoms. The van der Waals surface area contributed by atoms with E-state index in [-0.39, 0.29) is 12.5 Å². The second-order valence-electron chi connectivity index (χ2n) is 18.8.